The van der Waals surface area contributed by atoms with Crippen LogP contribution in [0.5, 0.6) is 0 Å². The van der Waals surface area contributed by atoms with Crippen molar-refractivity contribution in [2.45, 2.75) is 31.1 Å². The van der Waals surface area contributed by atoms with Gasteiger partial charge in [0.15, 0.2) is 0 Å². The topological polar surface area (TPSA) is 4.93 Å². The molecule has 2 aliphatic rings. The highest BCUT2D eigenvalue weighted by atomic mass is 15.0. The normalized spacial score (nSPS) is 14.8. The lowest BCUT2D eigenvalue weighted by Crippen LogP contribution is -2.15. The van der Waals surface area contributed by atoms with Crippen LogP contribution in [0.1, 0.15) is 70.2 Å². The molecule has 0 radical (unpaired) electrons. The third-order valence-corrected chi connectivity index (χ3v) is 13.9. The number of fused-ring (bicyclic) bond motifs is 7. The van der Waals surface area contributed by atoms with Crippen LogP contribution in [-0.4, -0.2) is 4.57 Å². The summed E-state index contributed by atoms with van der Waals surface area (Å²) in [5, 5.41) is 1.26. The molecule has 0 saturated heterocycles. The lowest BCUT2D eigenvalue weighted by Gasteiger charge is -2.25. The quantitative estimate of drug-likeness (QED) is 0.142. The first-order valence-electron chi connectivity index (χ1n) is 21.9. The fraction of sp³-hybridized carbons (Fsp3) is 0.0820. The first kappa shape index (κ1) is 36.4. The second-order valence-electron chi connectivity index (χ2n) is 17.7. The Hall–Kier alpha value is -7.48. The maximum atomic E-state index is 2.49. The van der Waals surface area contributed by atoms with Crippen LogP contribution < -0.4 is 0 Å². The van der Waals surface area contributed by atoms with Crippen molar-refractivity contribution in [2.75, 3.05) is 0 Å². The molecule has 0 N–H and O–H groups in total. The summed E-state index contributed by atoms with van der Waals surface area (Å²) in [7, 11) is 0. The lowest BCUT2D eigenvalue weighted by atomic mass is 9.79. The van der Waals surface area contributed by atoms with Gasteiger partial charge < -0.3 is 4.57 Å². The van der Waals surface area contributed by atoms with Gasteiger partial charge in [0.2, 0.25) is 0 Å². The number of rotatable bonds is 7. The first-order valence-corrected chi connectivity index (χ1v) is 21.9. The summed E-state index contributed by atoms with van der Waals surface area (Å²) in [6.07, 6.45) is 2.21. The summed E-state index contributed by atoms with van der Waals surface area (Å²) < 4.78 is 2.32. The van der Waals surface area contributed by atoms with Gasteiger partial charge in [0, 0.05) is 34.5 Å². The van der Waals surface area contributed by atoms with Crippen molar-refractivity contribution in [3.63, 3.8) is 0 Å². The van der Waals surface area contributed by atoms with E-state index in [2.05, 4.69) is 243 Å². The predicted octanol–water partition coefficient (Wildman–Crippen LogP) is 15.6. The van der Waals surface area contributed by atoms with Crippen LogP contribution in [-0.2, 0) is 5.41 Å². The average Bonchev–Trinajstić information content (AvgIpc) is 3.97. The zero-order valence-corrected chi connectivity index (χ0v) is 35.0. The molecular formula is C61H45N. The van der Waals surface area contributed by atoms with Gasteiger partial charge in [-0.2, -0.15) is 0 Å². The molecule has 0 spiro atoms. The molecule has 294 valence electrons. The predicted molar refractivity (Wildman–Crippen MR) is 258 cm³/mol. The Labute approximate surface area is 364 Å². The van der Waals surface area contributed by atoms with Crippen LogP contribution in [0.15, 0.2) is 225 Å². The molecule has 2 atom stereocenters. The smallest absolute Gasteiger partial charge is 0.0534 e. The van der Waals surface area contributed by atoms with Gasteiger partial charge in [0.1, 0.15) is 0 Å². The molecule has 1 aromatic heterocycles. The van der Waals surface area contributed by atoms with Crippen molar-refractivity contribution in [1.82, 2.24) is 4.57 Å². The zero-order valence-electron chi connectivity index (χ0n) is 35.0. The molecule has 0 aliphatic heterocycles. The summed E-state index contributed by atoms with van der Waals surface area (Å²) >= 11 is 0. The van der Waals surface area contributed by atoms with Crippen LogP contribution in [0.25, 0.3) is 61.1 Å². The average molecular weight is 792 g/mol. The molecule has 1 heterocycles. The van der Waals surface area contributed by atoms with Crippen molar-refractivity contribution in [3.8, 4) is 50.2 Å². The van der Waals surface area contributed by atoms with E-state index in [0.29, 0.717) is 0 Å². The molecule has 62 heavy (non-hydrogen) atoms. The first-order chi connectivity index (χ1) is 30.5. The van der Waals surface area contributed by atoms with E-state index in [1.165, 1.54) is 106 Å². The van der Waals surface area contributed by atoms with Crippen molar-refractivity contribution in [2.24, 2.45) is 0 Å². The number of hydrogen-bond acceptors (Lipinski definition) is 0. The Morgan fingerprint density at radius 2 is 0.968 bits per heavy atom. The molecule has 2 aliphatic carbocycles. The van der Waals surface area contributed by atoms with E-state index >= 15 is 0 Å². The van der Waals surface area contributed by atoms with Crippen molar-refractivity contribution < 1.29 is 0 Å². The van der Waals surface area contributed by atoms with Gasteiger partial charge >= 0.3 is 0 Å². The maximum absolute atomic E-state index is 2.49. The van der Waals surface area contributed by atoms with Gasteiger partial charge in [-0.3, -0.25) is 0 Å². The van der Waals surface area contributed by atoms with Gasteiger partial charge in [-0.1, -0.05) is 196 Å². The molecule has 10 aromatic rings. The minimum absolute atomic E-state index is 0.0699. The Morgan fingerprint density at radius 1 is 0.403 bits per heavy atom. The minimum atomic E-state index is -0.0738. The molecule has 0 amide bonds. The highest BCUT2D eigenvalue weighted by Gasteiger charge is 2.36. The molecule has 9 aromatic carbocycles. The molecule has 2 unspecified atom stereocenters. The highest BCUT2D eigenvalue weighted by molar-refractivity contribution is 5.94. The molecule has 0 bridgehead atoms. The number of hydrogen-bond donors (Lipinski definition) is 0. The monoisotopic (exact) mass is 791 g/mol. The van der Waals surface area contributed by atoms with Gasteiger partial charge in [-0.05, 0) is 125 Å². The highest BCUT2D eigenvalue weighted by Crippen LogP contribution is 2.52. The van der Waals surface area contributed by atoms with Crippen molar-refractivity contribution >= 4 is 10.9 Å². The number of nitrogens with zero attached hydrogens (tertiary/aromatic N) is 1. The largest absolute Gasteiger partial charge is 0.317 e. The van der Waals surface area contributed by atoms with Crippen LogP contribution in [0.2, 0.25) is 0 Å². The van der Waals surface area contributed by atoms with Crippen molar-refractivity contribution in [1.29, 1.82) is 0 Å². The molecule has 1 nitrogen and oxygen atoms in total. The molecular weight excluding hydrogens is 747 g/mol. The summed E-state index contributed by atoms with van der Waals surface area (Å²) in [4.78, 5) is 0. The van der Waals surface area contributed by atoms with Gasteiger partial charge in [-0.25, -0.2) is 0 Å². The van der Waals surface area contributed by atoms with E-state index in [1.54, 1.807) is 0 Å². The summed E-state index contributed by atoms with van der Waals surface area (Å²) in [5.74, 6) is 0.252. The number of aromatic nitrogens is 1. The summed E-state index contributed by atoms with van der Waals surface area (Å²) in [6.45, 7) is 4.75. The third-order valence-electron chi connectivity index (χ3n) is 13.9. The van der Waals surface area contributed by atoms with Gasteiger partial charge in [0.05, 0.1) is 5.52 Å². The molecule has 0 saturated carbocycles. The molecule has 0 fully saturated rings. The zero-order chi connectivity index (χ0) is 41.4. The van der Waals surface area contributed by atoms with E-state index in [4.69, 9.17) is 0 Å². The fourth-order valence-electron chi connectivity index (χ4n) is 10.7. The minimum Gasteiger partial charge on any atom is -0.317 e. The van der Waals surface area contributed by atoms with E-state index in [0.717, 1.165) is 0 Å². The SMILES string of the molecule is CC1(C)c2ccccc2-c2ccc(C(c3ccc(-c4ccccc4)cc3)c3ccc(-c4ccc5c(c4)-c4cc6c(ccn6-c6ccccc6)cc4C5c4ccccc4)cc3)cc21. The van der Waals surface area contributed by atoms with Gasteiger partial charge in [0.25, 0.3) is 0 Å². The molecule has 12 rings (SSSR count). The Bertz CT molecular complexity index is 3280. The number of para-hydroxylation sites is 1. The summed E-state index contributed by atoms with van der Waals surface area (Å²) in [6, 6.07) is 81.4. The second-order valence-corrected chi connectivity index (χ2v) is 17.7. The van der Waals surface area contributed by atoms with E-state index in [1.807, 2.05) is 0 Å². The Balaban J connectivity index is 0.955. The molecule has 1 heteroatoms. The Kier molecular flexibility index (Phi) is 8.40. The van der Waals surface area contributed by atoms with Crippen LogP contribution in [0.4, 0.5) is 0 Å². The van der Waals surface area contributed by atoms with Crippen LogP contribution in [0, 0.1) is 0 Å². The van der Waals surface area contributed by atoms with E-state index in [-0.39, 0.29) is 17.3 Å². The summed E-state index contributed by atoms with van der Waals surface area (Å²) in [5.41, 5.74) is 23.4. The van der Waals surface area contributed by atoms with Crippen LogP contribution in [0.3, 0.4) is 0 Å². The maximum Gasteiger partial charge on any atom is 0.0534 e. The van der Waals surface area contributed by atoms with E-state index < -0.39 is 0 Å². The number of benzene rings is 9. The van der Waals surface area contributed by atoms with Gasteiger partial charge in [-0.15, -0.1) is 0 Å². The Morgan fingerprint density at radius 3 is 1.69 bits per heavy atom. The third kappa shape index (κ3) is 5.84. The van der Waals surface area contributed by atoms with Crippen molar-refractivity contribution in [3.05, 3.63) is 269 Å². The lowest BCUT2D eigenvalue weighted by molar-refractivity contribution is 0.659. The standard InChI is InChI=1S/C61H45N/c1-61(2)56-21-13-12-20-50(56)51-32-31-48(38-57(51)61)59(44-26-22-41(23-27-44)40-14-6-3-7-15-40)45-28-24-42(25-29-45)46-30-33-52-53(36-46)54-39-58-47(34-35-62(58)49-18-10-5-11-19-49)37-55(54)60(52)43-16-8-4-9-17-43/h3-39,59-60H,1-2H3. The van der Waals surface area contributed by atoms with Crippen LogP contribution >= 0.6 is 0 Å². The van der Waals surface area contributed by atoms with E-state index in [9.17, 15) is 0 Å². The second kappa shape index (κ2) is 14.3. The fourth-order valence-corrected chi connectivity index (χ4v) is 10.7.